The van der Waals surface area contributed by atoms with Crippen molar-refractivity contribution in [2.24, 2.45) is 11.7 Å². The summed E-state index contributed by atoms with van der Waals surface area (Å²) in [6.45, 7) is 2.26. The lowest BCUT2D eigenvalue weighted by atomic mass is 9.96. The van der Waals surface area contributed by atoms with Gasteiger partial charge in [-0.15, -0.1) is 0 Å². The number of β-amino-alcohol motifs (C(OH)–C–C–N with tert-alkyl or cyclic N) is 1. The van der Waals surface area contributed by atoms with E-state index in [2.05, 4.69) is 28.1 Å². The summed E-state index contributed by atoms with van der Waals surface area (Å²) >= 11 is 0. The van der Waals surface area contributed by atoms with E-state index in [1.165, 1.54) is 0 Å². The molecule has 1 aliphatic rings. The van der Waals surface area contributed by atoms with Crippen LogP contribution in [-0.4, -0.2) is 60.4 Å². The number of aliphatic hydroxyl groups is 1. The van der Waals surface area contributed by atoms with Crippen molar-refractivity contribution in [3.8, 4) is 22.6 Å². The van der Waals surface area contributed by atoms with Gasteiger partial charge < -0.3 is 25.2 Å². The van der Waals surface area contributed by atoms with Crippen molar-refractivity contribution in [1.82, 2.24) is 9.88 Å². The molecule has 1 aromatic heterocycles. The molecule has 1 saturated heterocycles. The molecule has 1 aliphatic heterocycles. The number of ether oxygens (including phenoxy) is 2. The molecule has 1 fully saturated rings. The Labute approximate surface area is 187 Å². The number of hydrogen-bond donors (Lipinski definition) is 2. The molecule has 0 radical (unpaired) electrons. The molecule has 7 heteroatoms. The summed E-state index contributed by atoms with van der Waals surface area (Å²) in [7, 11) is 1.64. The van der Waals surface area contributed by atoms with E-state index in [1.54, 1.807) is 19.5 Å². The second-order valence-corrected chi connectivity index (χ2v) is 8.24. The van der Waals surface area contributed by atoms with E-state index in [4.69, 9.17) is 15.2 Å². The molecule has 3 N–H and O–H groups in total. The van der Waals surface area contributed by atoms with E-state index in [0.717, 1.165) is 53.6 Å². The van der Waals surface area contributed by atoms with E-state index in [9.17, 15) is 9.90 Å². The number of rotatable bonds is 8. The number of carbonyl (C=O) groups is 1. The minimum atomic E-state index is -0.608. The van der Waals surface area contributed by atoms with E-state index >= 15 is 0 Å². The largest absolute Gasteiger partial charge is 0.494 e. The maximum absolute atomic E-state index is 11.3. The first-order valence-electron chi connectivity index (χ1n) is 10.9. The number of aromatic nitrogens is 1. The Hall–Kier alpha value is -3.16. The van der Waals surface area contributed by atoms with Gasteiger partial charge in [0.15, 0.2) is 0 Å². The fourth-order valence-corrected chi connectivity index (χ4v) is 4.21. The summed E-state index contributed by atoms with van der Waals surface area (Å²) in [6, 6.07) is 14.1. The van der Waals surface area contributed by atoms with E-state index in [0.29, 0.717) is 12.3 Å². The van der Waals surface area contributed by atoms with Crippen molar-refractivity contribution >= 4 is 16.7 Å². The second-order valence-electron chi connectivity index (χ2n) is 8.24. The van der Waals surface area contributed by atoms with Crippen LogP contribution in [0.3, 0.4) is 0 Å². The standard InChI is InChI=1S/C25H29N3O4/c1-31-24-14-27-9-6-23(24)19-3-2-17-4-5-22(13-20(17)12-19)32-16-21(29)15-28-10-7-18(8-11-28)25(26)30/h2-6,9,12-14,18,21,29H,7-8,10-11,15-16H2,1H3,(H2,26,30). The molecule has 7 nitrogen and oxygen atoms in total. The Morgan fingerprint density at radius 2 is 1.97 bits per heavy atom. The number of nitrogens with zero attached hydrogens (tertiary/aromatic N) is 2. The van der Waals surface area contributed by atoms with Gasteiger partial charge in [-0.2, -0.15) is 0 Å². The van der Waals surface area contributed by atoms with Crippen LogP contribution in [0.25, 0.3) is 21.9 Å². The molecule has 1 amide bonds. The predicted molar refractivity (Wildman–Crippen MR) is 124 cm³/mol. The summed E-state index contributed by atoms with van der Waals surface area (Å²) in [5.74, 6) is 1.16. The van der Waals surface area contributed by atoms with Crippen molar-refractivity contribution in [2.75, 3.05) is 33.4 Å². The highest BCUT2D eigenvalue weighted by Gasteiger charge is 2.24. The zero-order chi connectivity index (χ0) is 22.5. The number of pyridine rings is 1. The first kappa shape index (κ1) is 22.0. The summed E-state index contributed by atoms with van der Waals surface area (Å²) in [5.41, 5.74) is 7.40. The molecule has 1 atom stereocenters. The van der Waals surface area contributed by atoms with Crippen molar-refractivity contribution < 1.29 is 19.4 Å². The number of primary amides is 1. The van der Waals surface area contributed by atoms with Gasteiger partial charge in [0.05, 0.1) is 13.3 Å². The maximum atomic E-state index is 11.3. The highest BCUT2D eigenvalue weighted by molar-refractivity contribution is 5.89. The zero-order valence-corrected chi connectivity index (χ0v) is 18.2. The van der Waals surface area contributed by atoms with Crippen LogP contribution < -0.4 is 15.2 Å². The third kappa shape index (κ3) is 5.18. The maximum Gasteiger partial charge on any atom is 0.220 e. The van der Waals surface area contributed by atoms with Gasteiger partial charge >= 0.3 is 0 Å². The normalized spacial score (nSPS) is 16.1. The van der Waals surface area contributed by atoms with Gasteiger partial charge in [-0.25, -0.2) is 0 Å². The first-order valence-corrected chi connectivity index (χ1v) is 10.9. The molecular weight excluding hydrogens is 406 g/mol. The fourth-order valence-electron chi connectivity index (χ4n) is 4.21. The molecule has 0 bridgehead atoms. The molecule has 3 aromatic rings. The quantitative estimate of drug-likeness (QED) is 0.565. The van der Waals surface area contributed by atoms with Crippen LogP contribution >= 0.6 is 0 Å². The second kappa shape index (κ2) is 9.97. The van der Waals surface area contributed by atoms with Crippen LogP contribution in [0.4, 0.5) is 0 Å². The van der Waals surface area contributed by atoms with E-state index < -0.39 is 6.10 Å². The Balaban J connectivity index is 1.39. The van der Waals surface area contributed by atoms with Crippen LogP contribution in [0, 0.1) is 5.92 Å². The number of methoxy groups -OCH3 is 1. The summed E-state index contributed by atoms with van der Waals surface area (Å²) in [4.78, 5) is 17.6. The van der Waals surface area contributed by atoms with Crippen molar-refractivity contribution in [1.29, 1.82) is 0 Å². The van der Waals surface area contributed by atoms with Gasteiger partial charge in [0.2, 0.25) is 5.91 Å². The SMILES string of the molecule is COc1cnccc1-c1ccc2ccc(OCC(O)CN3CCC(C(N)=O)CC3)cc2c1. The first-order chi connectivity index (χ1) is 15.5. The zero-order valence-electron chi connectivity index (χ0n) is 18.2. The van der Waals surface area contributed by atoms with Gasteiger partial charge in [-0.1, -0.05) is 18.2 Å². The third-order valence-corrected chi connectivity index (χ3v) is 6.03. The average Bonchev–Trinajstić information content (AvgIpc) is 2.82. The van der Waals surface area contributed by atoms with Crippen LogP contribution in [0.5, 0.6) is 11.5 Å². The summed E-state index contributed by atoms with van der Waals surface area (Å²) in [5, 5.41) is 12.6. The number of carbonyl (C=O) groups excluding carboxylic acids is 1. The number of amides is 1. The topological polar surface area (TPSA) is 97.9 Å². The molecule has 2 heterocycles. The van der Waals surface area contributed by atoms with Crippen molar-refractivity contribution in [3.63, 3.8) is 0 Å². The minimum Gasteiger partial charge on any atom is -0.494 e. The number of benzene rings is 2. The number of likely N-dealkylation sites (tertiary alicyclic amines) is 1. The number of fused-ring (bicyclic) bond motifs is 1. The van der Waals surface area contributed by atoms with E-state index in [1.807, 2.05) is 24.3 Å². The monoisotopic (exact) mass is 435 g/mol. The Morgan fingerprint density at radius 1 is 1.19 bits per heavy atom. The highest BCUT2D eigenvalue weighted by atomic mass is 16.5. The van der Waals surface area contributed by atoms with Crippen molar-refractivity contribution in [3.05, 3.63) is 54.9 Å². The van der Waals surface area contributed by atoms with Gasteiger partial charge in [0, 0.05) is 24.2 Å². The molecule has 0 spiro atoms. The minimum absolute atomic E-state index is 0.0470. The van der Waals surface area contributed by atoms with Gasteiger partial charge in [0.1, 0.15) is 24.2 Å². The fraction of sp³-hybridized carbons (Fsp3) is 0.360. The molecule has 1 unspecified atom stereocenters. The third-order valence-electron chi connectivity index (χ3n) is 6.03. The Bertz CT molecular complexity index is 1080. The van der Waals surface area contributed by atoms with Crippen LogP contribution in [-0.2, 0) is 4.79 Å². The molecule has 2 aromatic carbocycles. The highest BCUT2D eigenvalue weighted by Crippen LogP contribution is 2.32. The summed E-state index contributed by atoms with van der Waals surface area (Å²) < 4.78 is 11.3. The number of hydrogen-bond acceptors (Lipinski definition) is 6. The number of aliphatic hydroxyl groups excluding tert-OH is 1. The van der Waals surface area contributed by atoms with Crippen LogP contribution in [0.2, 0.25) is 0 Å². The molecule has 4 rings (SSSR count). The van der Waals surface area contributed by atoms with Gasteiger partial charge in [-0.3, -0.25) is 9.78 Å². The molecule has 0 aliphatic carbocycles. The van der Waals surface area contributed by atoms with Gasteiger partial charge in [-0.05, 0) is 66.5 Å². The number of piperidine rings is 1. The molecule has 0 saturated carbocycles. The van der Waals surface area contributed by atoms with E-state index in [-0.39, 0.29) is 18.4 Å². The molecule has 168 valence electrons. The lowest BCUT2D eigenvalue weighted by Crippen LogP contribution is -2.43. The van der Waals surface area contributed by atoms with Crippen LogP contribution in [0.1, 0.15) is 12.8 Å². The van der Waals surface area contributed by atoms with Crippen LogP contribution in [0.15, 0.2) is 54.9 Å². The smallest absolute Gasteiger partial charge is 0.220 e. The molecular formula is C25H29N3O4. The Morgan fingerprint density at radius 3 is 2.72 bits per heavy atom. The number of nitrogens with two attached hydrogens (primary N) is 1. The lowest BCUT2D eigenvalue weighted by molar-refractivity contribution is -0.123. The van der Waals surface area contributed by atoms with Gasteiger partial charge in [0.25, 0.3) is 0 Å². The predicted octanol–water partition coefficient (Wildman–Crippen LogP) is 2.85. The molecule has 32 heavy (non-hydrogen) atoms. The van der Waals surface area contributed by atoms with Crippen molar-refractivity contribution in [2.45, 2.75) is 18.9 Å². The summed E-state index contributed by atoms with van der Waals surface area (Å²) in [6.07, 6.45) is 4.34. The average molecular weight is 436 g/mol. The lowest BCUT2D eigenvalue weighted by Gasteiger charge is -2.31. The Kier molecular flexibility index (Phi) is 6.87.